The van der Waals surface area contributed by atoms with E-state index in [1.54, 1.807) is 0 Å². The maximum absolute atomic E-state index is 4.44. The lowest BCUT2D eigenvalue weighted by Gasteiger charge is -2.27. The standard InChI is InChI=1S/C13H18BrN/c1-10-4-3-7-15-13(10)9-12(14)8-11-5-2-6-11/h3-4,7,11-12H,2,5-6,8-9H2,1H3. The summed E-state index contributed by atoms with van der Waals surface area (Å²) in [7, 11) is 0. The van der Waals surface area contributed by atoms with Gasteiger partial charge in [0.25, 0.3) is 0 Å². The van der Waals surface area contributed by atoms with Crippen molar-refractivity contribution in [1.82, 2.24) is 4.98 Å². The molecule has 0 radical (unpaired) electrons. The van der Waals surface area contributed by atoms with Gasteiger partial charge in [0.1, 0.15) is 0 Å². The highest BCUT2D eigenvalue weighted by Gasteiger charge is 2.21. The van der Waals surface area contributed by atoms with Crippen molar-refractivity contribution >= 4 is 15.9 Å². The fourth-order valence-corrected chi connectivity index (χ4v) is 2.95. The van der Waals surface area contributed by atoms with Crippen LogP contribution in [-0.4, -0.2) is 9.81 Å². The van der Waals surface area contributed by atoms with Gasteiger partial charge in [-0.2, -0.15) is 0 Å². The molecule has 1 aromatic rings. The first-order valence-corrected chi connectivity index (χ1v) is 6.72. The Morgan fingerprint density at radius 2 is 2.33 bits per heavy atom. The van der Waals surface area contributed by atoms with Gasteiger partial charge in [-0.1, -0.05) is 41.3 Å². The zero-order valence-electron chi connectivity index (χ0n) is 9.25. The average Bonchev–Trinajstić information content (AvgIpc) is 2.16. The predicted octanol–water partition coefficient (Wildman–Crippen LogP) is 3.89. The summed E-state index contributed by atoms with van der Waals surface area (Å²) in [6.45, 7) is 2.14. The number of aryl methyl sites for hydroxylation is 1. The van der Waals surface area contributed by atoms with Gasteiger partial charge in [-0.05, 0) is 30.9 Å². The van der Waals surface area contributed by atoms with Crippen LogP contribution in [0, 0.1) is 12.8 Å². The van der Waals surface area contributed by atoms with E-state index < -0.39 is 0 Å². The van der Waals surface area contributed by atoms with Gasteiger partial charge in [0.05, 0.1) is 0 Å². The van der Waals surface area contributed by atoms with Crippen molar-refractivity contribution in [2.24, 2.45) is 5.92 Å². The monoisotopic (exact) mass is 267 g/mol. The molecule has 0 aromatic carbocycles. The van der Waals surface area contributed by atoms with Crippen molar-refractivity contribution in [3.05, 3.63) is 29.6 Å². The molecule has 0 amide bonds. The van der Waals surface area contributed by atoms with Crippen LogP contribution in [0.3, 0.4) is 0 Å². The van der Waals surface area contributed by atoms with Crippen LogP contribution in [-0.2, 0) is 6.42 Å². The number of halogens is 1. The Labute approximate surface area is 100 Å². The summed E-state index contributed by atoms with van der Waals surface area (Å²) in [5, 5.41) is 0. The van der Waals surface area contributed by atoms with Gasteiger partial charge in [0.15, 0.2) is 0 Å². The van der Waals surface area contributed by atoms with Crippen LogP contribution >= 0.6 is 15.9 Å². The summed E-state index contributed by atoms with van der Waals surface area (Å²) in [5.41, 5.74) is 2.56. The summed E-state index contributed by atoms with van der Waals surface area (Å²) in [4.78, 5) is 5.05. The number of rotatable bonds is 4. The molecule has 2 rings (SSSR count). The van der Waals surface area contributed by atoms with E-state index in [0.717, 1.165) is 12.3 Å². The number of alkyl halides is 1. The highest BCUT2D eigenvalue weighted by atomic mass is 79.9. The van der Waals surface area contributed by atoms with Gasteiger partial charge in [0, 0.05) is 23.1 Å². The molecule has 1 aromatic heterocycles. The fourth-order valence-electron chi connectivity index (χ4n) is 2.12. The van der Waals surface area contributed by atoms with Crippen LogP contribution in [0.4, 0.5) is 0 Å². The lowest BCUT2D eigenvalue weighted by molar-refractivity contribution is 0.294. The minimum absolute atomic E-state index is 0.608. The van der Waals surface area contributed by atoms with E-state index in [-0.39, 0.29) is 0 Å². The molecule has 0 spiro atoms. The largest absolute Gasteiger partial charge is 0.261 e. The summed E-state index contributed by atoms with van der Waals surface area (Å²) in [6.07, 6.45) is 8.59. The lowest BCUT2D eigenvalue weighted by atomic mass is 9.81. The molecule has 82 valence electrons. The number of pyridine rings is 1. The summed E-state index contributed by atoms with van der Waals surface area (Å²) < 4.78 is 0. The SMILES string of the molecule is Cc1cccnc1CC(Br)CC1CCC1. The second-order valence-corrected chi connectivity index (χ2v) is 5.90. The molecule has 0 saturated heterocycles. The van der Waals surface area contributed by atoms with Gasteiger partial charge in [-0.3, -0.25) is 4.98 Å². The summed E-state index contributed by atoms with van der Waals surface area (Å²) in [5.74, 6) is 0.971. The van der Waals surface area contributed by atoms with E-state index in [1.165, 1.54) is 36.9 Å². The topological polar surface area (TPSA) is 12.9 Å². The van der Waals surface area contributed by atoms with E-state index in [9.17, 15) is 0 Å². The van der Waals surface area contributed by atoms with Crippen LogP contribution in [0.1, 0.15) is 36.9 Å². The first-order valence-electron chi connectivity index (χ1n) is 5.80. The van der Waals surface area contributed by atoms with Crippen molar-refractivity contribution in [3.8, 4) is 0 Å². The van der Waals surface area contributed by atoms with Crippen LogP contribution in [0.25, 0.3) is 0 Å². The quantitative estimate of drug-likeness (QED) is 0.755. The molecule has 0 aliphatic heterocycles. The summed E-state index contributed by atoms with van der Waals surface area (Å²) >= 11 is 3.78. The predicted molar refractivity (Wildman–Crippen MR) is 67.4 cm³/mol. The van der Waals surface area contributed by atoms with Gasteiger partial charge in [0.2, 0.25) is 0 Å². The van der Waals surface area contributed by atoms with E-state index in [1.807, 2.05) is 12.3 Å². The Bertz CT molecular complexity index is 320. The molecule has 0 bridgehead atoms. The van der Waals surface area contributed by atoms with E-state index in [0.29, 0.717) is 4.83 Å². The molecule has 0 N–H and O–H groups in total. The maximum Gasteiger partial charge on any atom is 0.0443 e. The Kier molecular flexibility index (Phi) is 3.79. The molecule has 15 heavy (non-hydrogen) atoms. The zero-order valence-corrected chi connectivity index (χ0v) is 10.8. The van der Waals surface area contributed by atoms with Crippen molar-refractivity contribution in [3.63, 3.8) is 0 Å². The average molecular weight is 268 g/mol. The molecule has 1 aliphatic rings. The normalized spacial score (nSPS) is 18.5. The van der Waals surface area contributed by atoms with Crippen molar-refractivity contribution < 1.29 is 0 Å². The Hall–Kier alpha value is -0.370. The second kappa shape index (κ2) is 5.11. The Balaban J connectivity index is 1.87. The lowest BCUT2D eigenvalue weighted by Crippen LogP contribution is -2.17. The number of nitrogens with zero attached hydrogens (tertiary/aromatic N) is 1. The molecule has 1 unspecified atom stereocenters. The van der Waals surface area contributed by atoms with Crippen LogP contribution < -0.4 is 0 Å². The fraction of sp³-hybridized carbons (Fsp3) is 0.615. The smallest absolute Gasteiger partial charge is 0.0443 e. The minimum atomic E-state index is 0.608. The highest BCUT2D eigenvalue weighted by Crippen LogP contribution is 2.33. The molecule has 1 heterocycles. The first-order chi connectivity index (χ1) is 7.25. The number of hydrogen-bond acceptors (Lipinski definition) is 1. The number of hydrogen-bond donors (Lipinski definition) is 0. The Morgan fingerprint density at radius 3 is 2.93 bits per heavy atom. The van der Waals surface area contributed by atoms with Crippen LogP contribution in [0.15, 0.2) is 18.3 Å². The Morgan fingerprint density at radius 1 is 1.53 bits per heavy atom. The maximum atomic E-state index is 4.44. The first kappa shape index (κ1) is 11.1. The van der Waals surface area contributed by atoms with Gasteiger partial charge < -0.3 is 0 Å². The highest BCUT2D eigenvalue weighted by molar-refractivity contribution is 9.09. The number of aromatic nitrogens is 1. The molecule has 2 heteroatoms. The molecule has 1 aliphatic carbocycles. The van der Waals surface area contributed by atoms with E-state index >= 15 is 0 Å². The van der Waals surface area contributed by atoms with Crippen molar-refractivity contribution in [2.75, 3.05) is 0 Å². The molecule has 1 atom stereocenters. The van der Waals surface area contributed by atoms with Crippen LogP contribution in [0.5, 0.6) is 0 Å². The van der Waals surface area contributed by atoms with E-state index in [4.69, 9.17) is 0 Å². The third kappa shape index (κ3) is 3.04. The minimum Gasteiger partial charge on any atom is -0.261 e. The molecule has 1 nitrogen and oxygen atoms in total. The third-order valence-electron chi connectivity index (χ3n) is 3.35. The van der Waals surface area contributed by atoms with E-state index in [2.05, 4.69) is 33.9 Å². The molecule has 1 fully saturated rings. The van der Waals surface area contributed by atoms with Gasteiger partial charge in [-0.25, -0.2) is 0 Å². The molecular weight excluding hydrogens is 250 g/mol. The second-order valence-electron chi connectivity index (χ2n) is 4.60. The summed E-state index contributed by atoms with van der Waals surface area (Å²) in [6, 6.07) is 4.15. The molecular formula is C13H18BrN. The van der Waals surface area contributed by atoms with Gasteiger partial charge >= 0.3 is 0 Å². The third-order valence-corrected chi connectivity index (χ3v) is 4.04. The van der Waals surface area contributed by atoms with Crippen molar-refractivity contribution in [2.45, 2.75) is 43.9 Å². The van der Waals surface area contributed by atoms with Crippen molar-refractivity contribution in [1.29, 1.82) is 0 Å². The van der Waals surface area contributed by atoms with Gasteiger partial charge in [-0.15, -0.1) is 0 Å². The molecule has 1 saturated carbocycles. The zero-order chi connectivity index (χ0) is 10.7. The van der Waals surface area contributed by atoms with Crippen LogP contribution in [0.2, 0.25) is 0 Å².